The molecule has 0 saturated heterocycles. The van der Waals surface area contributed by atoms with Crippen molar-refractivity contribution >= 4 is 5.91 Å². The van der Waals surface area contributed by atoms with E-state index in [1.165, 1.54) is 12.8 Å². The van der Waals surface area contributed by atoms with Gasteiger partial charge in [-0.3, -0.25) is 4.79 Å². The topological polar surface area (TPSA) is 38.3 Å². The highest BCUT2D eigenvalue weighted by Crippen LogP contribution is 2.27. The van der Waals surface area contributed by atoms with Crippen LogP contribution in [0, 0.1) is 12.0 Å². The average molecular weight is 204 g/mol. The molecule has 0 aromatic heterocycles. The van der Waals surface area contributed by atoms with Crippen LogP contribution in [0.4, 0.5) is 0 Å². The molecule has 1 N–H and O–H groups in total. The van der Waals surface area contributed by atoms with Crippen LogP contribution in [0.25, 0.3) is 0 Å². The standard InChI is InChI=1S/C12H14NO2/c1-15-11-6-4-10(5-7-11)12(14)13-8-9-2-3-9/h4-6,9H,2-3,8H2,1H3,(H,13,14). The maximum atomic E-state index is 11.6. The molecule has 0 heterocycles. The summed E-state index contributed by atoms with van der Waals surface area (Å²) in [6.45, 7) is 0.796. The summed E-state index contributed by atoms with van der Waals surface area (Å²) in [5, 5.41) is 2.90. The van der Waals surface area contributed by atoms with Crippen molar-refractivity contribution < 1.29 is 9.53 Å². The minimum absolute atomic E-state index is 0.0270. The van der Waals surface area contributed by atoms with Gasteiger partial charge in [0.25, 0.3) is 5.91 Å². The number of hydrogen-bond acceptors (Lipinski definition) is 2. The summed E-state index contributed by atoms with van der Waals surface area (Å²) in [4.78, 5) is 11.6. The summed E-state index contributed by atoms with van der Waals surface area (Å²) in [5.41, 5.74) is 0.636. The van der Waals surface area contributed by atoms with Gasteiger partial charge in [-0.2, -0.15) is 0 Å². The SMILES string of the molecule is COc1[c]cc(C(=O)NCC2CC2)cc1. The van der Waals surface area contributed by atoms with Gasteiger partial charge < -0.3 is 10.1 Å². The van der Waals surface area contributed by atoms with Crippen LogP contribution in [0.5, 0.6) is 5.75 Å². The number of benzene rings is 1. The highest BCUT2D eigenvalue weighted by Gasteiger charge is 2.21. The zero-order chi connectivity index (χ0) is 10.7. The van der Waals surface area contributed by atoms with Crippen molar-refractivity contribution in [2.75, 3.05) is 13.7 Å². The lowest BCUT2D eigenvalue weighted by molar-refractivity contribution is 0.0952. The van der Waals surface area contributed by atoms with E-state index in [4.69, 9.17) is 4.74 Å². The highest BCUT2D eigenvalue weighted by molar-refractivity contribution is 5.94. The molecule has 1 aliphatic rings. The molecule has 1 aromatic carbocycles. The van der Waals surface area contributed by atoms with E-state index < -0.39 is 0 Å². The zero-order valence-corrected chi connectivity index (χ0v) is 8.75. The fourth-order valence-electron chi connectivity index (χ4n) is 1.34. The quantitative estimate of drug-likeness (QED) is 0.809. The van der Waals surface area contributed by atoms with E-state index in [1.807, 2.05) is 0 Å². The molecule has 0 spiro atoms. The van der Waals surface area contributed by atoms with E-state index in [-0.39, 0.29) is 5.91 Å². The van der Waals surface area contributed by atoms with E-state index >= 15 is 0 Å². The van der Waals surface area contributed by atoms with Crippen LogP contribution in [-0.2, 0) is 0 Å². The van der Waals surface area contributed by atoms with Crippen LogP contribution in [0.3, 0.4) is 0 Å². The van der Waals surface area contributed by atoms with Crippen LogP contribution in [0.15, 0.2) is 18.2 Å². The fourth-order valence-corrected chi connectivity index (χ4v) is 1.34. The van der Waals surface area contributed by atoms with Gasteiger partial charge in [0.05, 0.1) is 7.11 Å². The minimum atomic E-state index is -0.0270. The van der Waals surface area contributed by atoms with Gasteiger partial charge in [0, 0.05) is 18.2 Å². The molecule has 1 amide bonds. The lowest BCUT2D eigenvalue weighted by Gasteiger charge is -2.04. The van der Waals surface area contributed by atoms with Gasteiger partial charge in [-0.1, -0.05) is 0 Å². The molecule has 0 aliphatic heterocycles. The predicted octanol–water partition coefficient (Wildman–Crippen LogP) is 1.64. The van der Waals surface area contributed by atoms with Crippen molar-refractivity contribution in [3.8, 4) is 5.75 Å². The Kier molecular flexibility index (Phi) is 2.90. The fraction of sp³-hybridized carbons (Fsp3) is 0.417. The maximum absolute atomic E-state index is 11.6. The van der Waals surface area contributed by atoms with Gasteiger partial charge in [0.1, 0.15) is 5.75 Å². The second-order valence-electron chi connectivity index (χ2n) is 3.80. The first-order valence-electron chi connectivity index (χ1n) is 5.13. The van der Waals surface area contributed by atoms with Crippen LogP contribution in [-0.4, -0.2) is 19.6 Å². The summed E-state index contributed by atoms with van der Waals surface area (Å²) in [6.07, 6.45) is 2.49. The van der Waals surface area contributed by atoms with Gasteiger partial charge in [0.2, 0.25) is 0 Å². The molecule has 1 saturated carbocycles. The van der Waals surface area contributed by atoms with E-state index in [0.29, 0.717) is 17.2 Å². The third-order valence-electron chi connectivity index (χ3n) is 2.51. The molecule has 0 bridgehead atoms. The molecule has 1 aliphatic carbocycles. The van der Waals surface area contributed by atoms with Crippen molar-refractivity contribution in [3.63, 3.8) is 0 Å². The Labute approximate surface area is 89.4 Å². The maximum Gasteiger partial charge on any atom is 0.251 e. The lowest BCUT2D eigenvalue weighted by Crippen LogP contribution is -2.25. The molecule has 3 heteroatoms. The monoisotopic (exact) mass is 204 g/mol. The molecule has 1 fully saturated rings. The largest absolute Gasteiger partial charge is 0.496 e. The molecule has 2 rings (SSSR count). The summed E-state index contributed by atoms with van der Waals surface area (Å²) in [6, 6.07) is 8.03. The summed E-state index contributed by atoms with van der Waals surface area (Å²) in [7, 11) is 1.58. The number of ether oxygens (including phenoxy) is 1. The molecular formula is C12H14NO2. The number of hydrogen-bond donors (Lipinski definition) is 1. The Morgan fingerprint density at radius 1 is 1.60 bits per heavy atom. The van der Waals surface area contributed by atoms with Gasteiger partial charge in [0.15, 0.2) is 0 Å². The summed E-state index contributed by atoms with van der Waals surface area (Å²) >= 11 is 0. The van der Waals surface area contributed by atoms with E-state index in [2.05, 4.69) is 11.4 Å². The molecule has 1 aromatic rings. The van der Waals surface area contributed by atoms with Crippen LogP contribution < -0.4 is 10.1 Å². The summed E-state index contributed by atoms with van der Waals surface area (Å²) < 4.78 is 4.97. The van der Waals surface area contributed by atoms with Crippen molar-refractivity contribution in [1.82, 2.24) is 5.32 Å². The first kappa shape index (κ1) is 10.0. The molecule has 79 valence electrons. The molecule has 0 unspecified atom stereocenters. The Bertz CT molecular complexity index is 341. The number of rotatable bonds is 4. The normalized spacial score (nSPS) is 14.7. The molecule has 1 radical (unpaired) electrons. The number of nitrogens with one attached hydrogen (secondary N) is 1. The van der Waals surface area contributed by atoms with Gasteiger partial charge >= 0.3 is 0 Å². The smallest absolute Gasteiger partial charge is 0.251 e. The van der Waals surface area contributed by atoms with Crippen LogP contribution in [0.2, 0.25) is 0 Å². The predicted molar refractivity (Wildman–Crippen MR) is 56.9 cm³/mol. The second kappa shape index (κ2) is 4.34. The molecule has 0 atom stereocenters. The number of amides is 1. The van der Waals surface area contributed by atoms with Crippen molar-refractivity contribution in [2.45, 2.75) is 12.8 Å². The highest BCUT2D eigenvalue weighted by atomic mass is 16.5. The van der Waals surface area contributed by atoms with Crippen molar-refractivity contribution in [2.24, 2.45) is 5.92 Å². The Morgan fingerprint density at radius 3 is 2.93 bits per heavy atom. The Morgan fingerprint density at radius 2 is 2.40 bits per heavy atom. The molecular weight excluding hydrogens is 190 g/mol. The third-order valence-corrected chi connectivity index (χ3v) is 2.51. The lowest BCUT2D eigenvalue weighted by atomic mass is 10.2. The van der Waals surface area contributed by atoms with Gasteiger partial charge in [-0.05, 0) is 37.0 Å². The minimum Gasteiger partial charge on any atom is -0.496 e. The van der Waals surface area contributed by atoms with Crippen molar-refractivity contribution in [1.29, 1.82) is 0 Å². The number of methoxy groups -OCH3 is 1. The Balaban J connectivity index is 1.91. The average Bonchev–Trinajstić information content (AvgIpc) is 3.10. The third kappa shape index (κ3) is 2.72. The van der Waals surface area contributed by atoms with Gasteiger partial charge in [-0.15, -0.1) is 0 Å². The number of carbonyl (C=O) groups is 1. The van der Waals surface area contributed by atoms with Crippen LogP contribution >= 0.6 is 0 Å². The van der Waals surface area contributed by atoms with Crippen LogP contribution in [0.1, 0.15) is 23.2 Å². The van der Waals surface area contributed by atoms with E-state index in [9.17, 15) is 4.79 Å². The first-order valence-corrected chi connectivity index (χ1v) is 5.13. The van der Waals surface area contributed by atoms with E-state index in [0.717, 1.165) is 6.54 Å². The Hall–Kier alpha value is -1.51. The summed E-state index contributed by atoms with van der Waals surface area (Å²) in [5.74, 6) is 1.32. The molecule has 3 nitrogen and oxygen atoms in total. The molecule has 15 heavy (non-hydrogen) atoms. The van der Waals surface area contributed by atoms with E-state index in [1.54, 1.807) is 25.3 Å². The number of carbonyl (C=O) groups excluding carboxylic acids is 1. The second-order valence-corrected chi connectivity index (χ2v) is 3.80. The zero-order valence-electron chi connectivity index (χ0n) is 8.75. The van der Waals surface area contributed by atoms with Gasteiger partial charge in [-0.25, -0.2) is 0 Å². The first-order chi connectivity index (χ1) is 7.29. The van der Waals surface area contributed by atoms with Crippen molar-refractivity contribution in [3.05, 3.63) is 29.8 Å².